The Hall–Kier alpha value is -1.43. The van der Waals surface area contributed by atoms with Crippen molar-refractivity contribution in [1.82, 2.24) is 5.10 Å². The number of halogens is 1. The van der Waals surface area contributed by atoms with Crippen LogP contribution < -0.4 is 9.58 Å². The Morgan fingerprint density at radius 3 is 2.77 bits per heavy atom. The molecule has 1 heterocycles. The molecule has 5 nitrogen and oxygen atoms in total. The minimum Gasteiger partial charge on any atom is -0.710 e. The first-order chi connectivity index (χ1) is 6.18. The van der Waals surface area contributed by atoms with Crippen molar-refractivity contribution >= 4 is 27.0 Å². The summed E-state index contributed by atoms with van der Waals surface area (Å²) in [6.45, 7) is 0. The van der Waals surface area contributed by atoms with Gasteiger partial charge < -0.3 is 10.4 Å². The second-order valence-electron chi connectivity index (χ2n) is 2.46. The molecule has 2 aromatic rings. The van der Waals surface area contributed by atoms with Crippen molar-refractivity contribution in [3.05, 3.63) is 39.4 Å². The van der Waals surface area contributed by atoms with Gasteiger partial charge in [0.2, 0.25) is 10.6 Å². The first kappa shape index (κ1) is 8.18. The summed E-state index contributed by atoms with van der Waals surface area (Å²) in [5, 5.41) is 25.6. The maximum atomic E-state index is 11.1. The molecule has 66 valence electrons. The highest BCUT2D eigenvalue weighted by Gasteiger charge is 2.12. The van der Waals surface area contributed by atoms with E-state index in [0.29, 0.717) is 15.1 Å². The molecule has 0 aliphatic carbocycles. The zero-order valence-electron chi connectivity index (χ0n) is 6.35. The molecule has 0 radical (unpaired) electrons. The molecular formula is C7H4BrN3O2. The predicted octanol–water partition coefficient (Wildman–Crippen LogP) is 0.264. The molecule has 0 amide bonds. The molecule has 0 aliphatic rings. The molecular weight excluding hydrogens is 238 g/mol. The molecule has 1 aromatic heterocycles. The molecule has 0 aliphatic heterocycles. The van der Waals surface area contributed by atoms with E-state index >= 15 is 0 Å². The Kier molecular flexibility index (Phi) is 1.77. The highest BCUT2D eigenvalue weighted by Crippen LogP contribution is 2.13. The molecule has 13 heavy (non-hydrogen) atoms. The third kappa shape index (κ3) is 1.29. The van der Waals surface area contributed by atoms with Gasteiger partial charge in [0.15, 0.2) is 0 Å². The third-order valence-corrected chi connectivity index (χ3v) is 2.14. The molecule has 0 fully saturated rings. The molecule has 0 atom stereocenters. The summed E-state index contributed by atoms with van der Waals surface area (Å²) < 4.78 is 1.29. The first-order valence-electron chi connectivity index (χ1n) is 3.46. The van der Waals surface area contributed by atoms with Gasteiger partial charge in [-0.1, -0.05) is 15.9 Å². The number of rotatable bonds is 0. The van der Waals surface area contributed by atoms with Gasteiger partial charge in [-0.2, -0.15) is 0 Å². The lowest BCUT2D eigenvalue weighted by atomic mass is 10.3. The summed E-state index contributed by atoms with van der Waals surface area (Å²) in [4.78, 5) is 0.411. The van der Waals surface area contributed by atoms with E-state index in [0.717, 1.165) is 10.8 Å². The fourth-order valence-electron chi connectivity index (χ4n) is 1.05. The predicted molar refractivity (Wildman–Crippen MR) is 47.4 cm³/mol. The summed E-state index contributed by atoms with van der Waals surface area (Å²) in [6, 6.07) is 4.79. The fourth-order valence-corrected chi connectivity index (χ4v) is 1.40. The van der Waals surface area contributed by atoms with Crippen LogP contribution in [0.4, 0.5) is 0 Å². The van der Waals surface area contributed by atoms with Crippen LogP contribution in [0.1, 0.15) is 0 Å². The van der Waals surface area contributed by atoms with Crippen molar-refractivity contribution in [2.24, 2.45) is 0 Å². The summed E-state index contributed by atoms with van der Waals surface area (Å²) in [6.07, 6.45) is 0.934. The van der Waals surface area contributed by atoms with E-state index in [1.165, 1.54) is 0 Å². The number of aromatic nitrogens is 3. The van der Waals surface area contributed by atoms with E-state index in [1.807, 2.05) is 0 Å². The van der Waals surface area contributed by atoms with Crippen LogP contribution in [-0.2, 0) is 0 Å². The Bertz CT molecular complexity index is 474. The lowest BCUT2D eigenvalue weighted by molar-refractivity contribution is -0.680. The summed E-state index contributed by atoms with van der Waals surface area (Å²) in [5.41, 5.74) is 0.542. The third-order valence-electron chi connectivity index (χ3n) is 1.64. The van der Waals surface area contributed by atoms with Crippen molar-refractivity contribution in [3.8, 4) is 0 Å². The van der Waals surface area contributed by atoms with Crippen molar-refractivity contribution in [1.29, 1.82) is 0 Å². The fraction of sp³-hybridized carbons (Fsp3) is 0. The van der Waals surface area contributed by atoms with Gasteiger partial charge in [0.05, 0.1) is 4.85 Å². The van der Waals surface area contributed by atoms with Crippen molar-refractivity contribution < 1.29 is 9.58 Å². The first-order valence-corrected chi connectivity index (χ1v) is 4.25. The van der Waals surface area contributed by atoms with E-state index in [9.17, 15) is 10.4 Å². The van der Waals surface area contributed by atoms with Gasteiger partial charge in [-0.3, -0.25) is 0 Å². The Morgan fingerprint density at radius 2 is 2.00 bits per heavy atom. The molecule has 0 spiro atoms. The van der Waals surface area contributed by atoms with Crippen molar-refractivity contribution in [2.45, 2.75) is 0 Å². The molecule has 0 bridgehead atoms. The van der Waals surface area contributed by atoms with Crippen LogP contribution in [0.25, 0.3) is 11.0 Å². The number of hydrogen-bond acceptors (Lipinski definition) is 3. The average Bonchev–Trinajstić information content (AvgIpc) is 2.12. The molecule has 0 saturated heterocycles. The van der Waals surface area contributed by atoms with Crippen molar-refractivity contribution in [3.63, 3.8) is 0 Å². The van der Waals surface area contributed by atoms with E-state index in [2.05, 4.69) is 21.0 Å². The molecule has 0 unspecified atom stereocenters. The standard InChI is InChI=1S/C7H4BrN3O2/c8-5-1-2-6-7(3-5)11(13)9-4-10(6)12/h1-4H. The Balaban J connectivity index is 2.92. The largest absolute Gasteiger partial charge is 0.710 e. The van der Waals surface area contributed by atoms with E-state index < -0.39 is 0 Å². The zero-order valence-corrected chi connectivity index (χ0v) is 7.93. The van der Waals surface area contributed by atoms with E-state index in [-0.39, 0.29) is 5.52 Å². The topological polar surface area (TPSA) is 66.8 Å². The maximum absolute atomic E-state index is 11.1. The summed E-state index contributed by atoms with van der Waals surface area (Å²) in [7, 11) is 0. The smallest absolute Gasteiger partial charge is 0.365 e. The Morgan fingerprint density at radius 1 is 1.23 bits per heavy atom. The van der Waals surface area contributed by atoms with Crippen LogP contribution in [-0.4, -0.2) is 5.10 Å². The van der Waals surface area contributed by atoms with Crippen LogP contribution in [0, 0.1) is 10.4 Å². The second kappa shape index (κ2) is 2.81. The Labute approximate surface area is 81.5 Å². The molecule has 2 rings (SSSR count). The maximum Gasteiger partial charge on any atom is 0.365 e. The SMILES string of the molecule is [O-][n+]1cn[n+]([O-])c2cc(Br)ccc21. The molecule has 6 heteroatoms. The second-order valence-corrected chi connectivity index (χ2v) is 3.38. The number of hydrogen-bond donors (Lipinski definition) is 0. The molecule has 0 N–H and O–H groups in total. The van der Waals surface area contributed by atoms with Crippen LogP contribution in [0.2, 0.25) is 0 Å². The van der Waals surface area contributed by atoms with Gasteiger partial charge in [-0.15, -0.1) is 0 Å². The van der Waals surface area contributed by atoms with E-state index in [1.54, 1.807) is 18.2 Å². The van der Waals surface area contributed by atoms with Gasteiger partial charge in [0.1, 0.15) is 0 Å². The number of benzene rings is 1. The highest BCUT2D eigenvalue weighted by molar-refractivity contribution is 9.10. The molecule has 1 aromatic carbocycles. The van der Waals surface area contributed by atoms with Gasteiger partial charge >= 0.3 is 11.8 Å². The zero-order chi connectivity index (χ0) is 9.42. The monoisotopic (exact) mass is 241 g/mol. The van der Waals surface area contributed by atoms with Crippen molar-refractivity contribution in [2.75, 3.05) is 0 Å². The molecule has 0 saturated carbocycles. The van der Waals surface area contributed by atoms with Crippen LogP contribution >= 0.6 is 15.9 Å². The number of nitrogens with zero attached hydrogens (tertiary/aromatic N) is 3. The quantitative estimate of drug-likeness (QED) is 0.491. The average molecular weight is 242 g/mol. The minimum absolute atomic E-state index is 0.242. The summed E-state index contributed by atoms with van der Waals surface area (Å²) >= 11 is 3.20. The van der Waals surface area contributed by atoms with Crippen LogP contribution in [0.15, 0.2) is 29.0 Å². The lowest BCUT2D eigenvalue weighted by Gasteiger charge is -2.01. The van der Waals surface area contributed by atoms with Gasteiger partial charge in [0, 0.05) is 10.5 Å². The normalized spacial score (nSPS) is 10.5. The summed E-state index contributed by atoms with van der Waals surface area (Å²) in [5.74, 6) is 0. The number of fused-ring (bicyclic) bond motifs is 1. The van der Waals surface area contributed by atoms with Gasteiger partial charge in [-0.05, 0) is 12.1 Å². The van der Waals surface area contributed by atoms with Crippen LogP contribution in [0.3, 0.4) is 0 Å². The minimum atomic E-state index is 0.242. The van der Waals surface area contributed by atoms with Crippen LogP contribution in [0.5, 0.6) is 0 Å². The lowest BCUT2D eigenvalue weighted by Crippen LogP contribution is -2.40. The highest BCUT2D eigenvalue weighted by atomic mass is 79.9. The van der Waals surface area contributed by atoms with Gasteiger partial charge in [0.25, 0.3) is 0 Å². The van der Waals surface area contributed by atoms with Gasteiger partial charge in [-0.25, -0.2) is 4.73 Å². The van der Waals surface area contributed by atoms with E-state index in [4.69, 9.17) is 0 Å².